The van der Waals surface area contributed by atoms with E-state index in [2.05, 4.69) is 64.0 Å². The van der Waals surface area contributed by atoms with Crippen molar-refractivity contribution >= 4 is 79.0 Å². The second kappa shape index (κ2) is 5.78. The number of hydrogen-bond donors (Lipinski definition) is 1. The first-order chi connectivity index (χ1) is 10.2. The van der Waals surface area contributed by atoms with E-state index in [0.717, 1.165) is 11.5 Å². The minimum atomic E-state index is 0.341. The summed E-state index contributed by atoms with van der Waals surface area (Å²) in [5, 5.41) is 8.87. The average Bonchev–Trinajstić information content (AvgIpc) is 3.05. The number of alkyl halides is 1. The Bertz CT molecular complexity index is 800. The first kappa shape index (κ1) is 14.4. The van der Waals surface area contributed by atoms with Gasteiger partial charge in [-0.2, -0.15) is 0 Å². The summed E-state index contributed by atoms with van der Waals surface area (Å²) in [7, 11) is 0. The number of aromatic nitrogens is 2. The molecule has 0 spiro atoms. The summed E-state index contributed by atoms with van der Waals surface area (Å²) in [5.74, 6) is 0.934. The molecule has 21 heavy (non-hydrogen) atoms. The number of nitrogens with one attached hydrogen (secondary N) is 1. The van der Waals surface area contributed by atoms with Gasteiger partial charge in [0.05, 0.1) is 0 Å². The van der Waals surface area contributed by atoms with Crippen molar-refractivity contribution in [3.63, 3.8) is 0 Å². The Morgan fingerprint density at radius 1 is 1.38 bits per heavy atom. The molecule has 7 heteroatoms. The van der Waals surface area contributed by atoms with Crippen molar-refractivity contribution in [3.05, 3.63) is 31.6 Å². The average molecular weight is 492 g/mol. The van der Waals surface area contributed by atoms with Gasteiger partial charge in [-0.25, -0.2) is 0 Å². The van der Waals surface area contributed by atoms with E-state index in [-0.39, 0.29) is 0 Å². The second-order valence-corrected chi connectivity index (χ2v) is 9.83. The monoisotopic (exact) mass is 491 g/mol. The number of anilines is 2. The third-order valence-electron chi connectivity index (χ3n) is 3.60. The van der Waals surface area contributed by atoms with Crippen molar-refractivity contribution in [1.82, 2.24) is 9.97 Å². The van der Waals surface area contributed by atoms with E-state index in [0.29, 0.717) is 24.1 Å². The summed E-state index contributed by atoms with van der Waals surface area (Å²) in [6.45, 7) is 0. The zero-order valence-corrected chi connectivity index (χ0v) is 16.6. The molecule has 4 rings (SSSR count). The summed E-state index contributed by atoms with van der Waals surface area (Å²) < 4.78 is 3.47. The minimum absolute atomic E-state index is 0.341. The number of nitrogens with zero attached hydrogens (tertiary/aromatic N) is 2. The van der Waals surface area contributed by atoms with E-state index in [1.165, 1.54) is 34.6 Å². The summed E-state index contributed by atoms with van der Waals surface area (Å²) in [6, 6.07) is 2.08. The van der Waals surface area contributed by atoms with E-state index < -0.39 is 0 Å². The molecule has 3 aromatic rings. The predicted octanol–water partition coefficient (Wildman–Crippen LogP) is 5.03. The Morgan fingerprint density at radius 3 is 3.10 bits per heavy atom. The summed E-state index contributed by atoms with van der Waals surface area (Å²) >= 11 is 9.33. The molecule has 1 atom stereocenters. The molecule has 3 aromatic heterocycles. The Hall–Kier alpha value is -0.201. The summed E-state index contributed by atoms with van der Waals surface area (Å²) in [6.07, 6.45) is 3.68. The SMILES string of the molecule is Brc1nc(Nc2ccsc2)c2c3c([se]c2n1)CCCC3Br. The van der Waals surface area contributed by atoms with E-state index in [9.17, 15) is 0 Å². The van der Waals surface area contributed by atoms with Gasteiger partial charge < -0.3 is 0 Å². The van der Waals surface area contributed by atoms with Gasteiger partial charge in [0.2, 0.25) is 0 Å². The maximum absolute atomic E-state index is 4.64. The number of halogens is 2. The van der Waals surface area contributed by atoms with Crippen molar-refractivity contribution in [2.75, 3.05) is 5.32 Å². The molecule has 0 radical (unpaired) electrons. The van der Waals surface area contributed by atoms with Gasteiger partial charge in [-0.15, -0.1) is 0 Å². The molecule has 0 saturated carbocycles. The molecular formula is C14H11Br2N3SSe. The van der Waals surface area contributed by atoms with Crippen LogP contribution in [0.3, 0.4) is 0 Å². The van der Waals surface area contributed by atoms with Crippen LogP contribution in [0.25, 0.3) is 9.78 Å². The van der Waals surface area contributed by atoms with Gasteiger partial charge in [0.25, 0.3) is 0 Å². The molecule has 1 aliphatic rings. The van der Waals surface area contributed by atoms with Crippen molar-refractivity contribution in [2.45, 2.75) is 24.1 Å². The molecule has 3 heterocycles. The quantitative estimate of drug-likeness (QED) is 0.310. The summed E-state index contributed by atoms with van der Waals surface area (Å²) in [5.41, 5.74) is 2.54. The molecule has 0 aromatic carbocycles. The molecule has 1 aliphatic carbocycles. The normalized spacial score (nSPS) is 17.9. The molecule has 0 amide bonds. The Kier molecular flexibility index (Phi) is 3.96. The van der Waals surface area contributed by atoms with E-state index >= 15 is 0 Å². The molecule has 3 nitrogen and oxygen atoms in total. The fraction of sp³-hybridized carbons (Fsp3) is 0.286. The number of aryl methyl sites for hydroxylation is 1. The standard InChI is InChI=1S/C14H11Br2N3SSe/c15-8-2-1-3-9-10(8)11-12(17-7-4-5-20-6-7)18-14(16)19-13(11)21-9/h4-6,8H,1-3H2,(H,17,18,19). The van der Waals surface area contributed by atoms with Crippen LogP contribution in [0.15, 0.2) is 21.6 Å². The molecule has 108 valence electrons. The first-order valence-electron chi connectivity index (χ1n) is 6.64. The number of hydrogen-bond acceptors (Lipinski definition) is 4. The van der Waals surface area contributed by atoms with Crippen molar-refractivity contribution in [2.24, 2.45) is 0 Å². The van der Waals surface area contributed by atoms with E-state index in [1.54, 1.807) is 15.8 Å². The van der Waals surface area contributed by atoms with Crippen molar-refractivity contribution in [3.8, 4) is 0 Å². The molecule has 0 bridgehead atoms. The van der Waals surface area contributed by atoms with Gasteiger partial charge in [0, 0.05) is 0 Å². The summed E-state index contributed by atoms with van der Waals surface area (Å²) in [4.78, 5) is 9.68. The van der Waals surface area contributed by atoms with E-state index in [1.807, 2.05) is 0 Å². The van der Waals surface area contributed by atoms with Crippen LogP contribution in [0.4, 0.5) is 11.5 Å². The van der Waals surface area contributed by atoms with Crippen LogP contribution in [0.2, 0.25) is 0 Å². The zero-order chi connectivity index (χ0) is 14.4. The fourth-order valence-corrected chi connectivity index (χ4v) is 7.76. The number of fused-ring (bicyclic) bond motifs is 3. The molecule has 0 aliphatic heterocycles. The van der Waals surface area contributed by atoms with Crippen LogP contribution in [-0.2, 0) is 6.42 Å². The third kappa shape index (κ3) is 2.63. The molecule has 1 unspecified atom stereocenters. The molecule has 0 fully saturated rings. The Morgan fingerprint density at radius 2 is 2.29 bits per heavy atom. The van der Waals surface area contributed by atoms with Gasteiger partial charge in [0.15, 0.2) is 0 Å². The fourth-order valence-electron chi connectivity index (χ4n) is 2.71. The van der Waals surface area contributed by atoms with Gasteiger partial charge >= 0.3 is 150 Å². The molecule has 1 N–H and O–H groups in total. The van der Waals surface area contributed by atoms with Crippen molar-refractivity contribution in [1.29, 1.82) is 0 Å². The van der Waals surface area contributed by atoms with Gasteiger partial charge in [-0.1, -0.05) is 0 Å². The first-order valence-corrected chi connectivity index (χ1v) is 11.0. The van der Waals surface area contributed by atoms with Gasteiger partial charge in [-0.05, 0) is 0 Å². The van der Waals surface area contributed by atoms with Crippen LogP contribution < -0.4 is 5.32 Å². The predicted molar refractivity (Wildman–Crippen MR) is 96.4 cm³/mol. The maximum atomic E-state index is 4.64. The van der Waals surface area contributed by atoms with E-state index in [4.69, 9.17) is 0 Å². The van der Waals surface area contributed by atoms with Crippen LogP contribution in [-0.4, -0.2) is 24.5 Å². The Balaban J connectivity index is 1.94. The van der Waals surface area contributed by atoms with Crippen LogP contribution in [0.1, 0.15) is 27.7 Å². The van der Waals surface area contributed by atoms with Gasteiger partial charge in [0.1, 0.15) is 0 Å². The Labute approximate surface area is 149 Å². The molecular weight excluding hydrogens is 481 g/mol. The van der Waals surface area contributed by atoms with Crippen molar-refractivity contribution < 1.29 is 0 Å². The topological polar surface area (TPSA) is 37.8 Å². The number of rotatable bonds is 2. The number of thiophene rings is 1. The third-order valence-corrected chi connectivity index (χ3v) is 7.98. The zero-order valence-electron chi connectivity index (χ0n) is 10.9. The second-order valence-electron chi connectivity index (χ2n) is 4.96. The molecule has 0 saturated heterocycles. The van der Waals surface area contributed by atoms with Crippen LogP contribution in [0.5, 0.6) is 0 Å². The van der Waals surface area contributed by atoms with Crippen LogP contribution >= 0.6 is 43.2 Å². The van der Waals surface area contributed by atoms with Crippen LogP contribution in [0, 0.1) is 0 Å². The van der Waals surface area contributed by atoms with Gasteiger partial charge in [-0.3, -0.25) is 0 Å².